The molecule has 0 spiro atoms. The average molecular weight is 426 g/mol. The molecule has 1 aliphatic carbocycles. The molecule has 9 heteroatoms. The van der Waals surface area contributed by atoms with Crippen molar-refractivity contribution in [1.29, 1.82) is 5.26 Å². The molecule has 5 heterocycles. The van der Waals surface area contributed by atoms with E-state index < -0.39 is 12.1 Å². The van der Waals surface area contributed by atoms with Gasteiger partial charge in [0, 0.05) is 47.3 Å². The maximum Gasteiger partial charge on any atom is 0.226 e. The van der Waals surface area contributed by atoms with Gasteiger partial charge in [0.25, 0.3) is 0 Å². The molecule has 0 aromatic heterocycles. The van der Waals surface area contributed by atoms with Gasteiger partial charge in [-0.1, -0.05) is 0 Å². The number of piperidine rings is 1. The topological polar surface area (TPSA) is 106 Å². The first-order valence-electron chi connectivity index (χ1n) is 10.9. The first-order chi connectivity index (χ1) is 15.0. The maximum absolute atomic E-state index is 13.6. The minimum absolute atomic E-state index is 0.00850. The molecule has 5 aliphatic heterocycles. The number of ether oxygens (including phenoxy) is 2. The fraction of sp³-hybridized carbons (Fsp3) is 0.682. The van der Waals surface area contributed by atoms with Crippen LogP contribution in [0.25, 0.3) is 0 Å². The summed E-state index contributed by atoms with van der Waals surface area (Å²) in [7, 11) is 3.44. The Kier molecular flexibility index (Phi) is 4.08. The average Bonchev–Trinajstić information content (AvgIpc) is 3.34. The number of piperazine rings is 1. The van der Waals surface area contributed by atoms with E-state index in [-0.39, 0.29) is 60.2 Å². The SMILES string of the molecule is COC1=C(C)C(=O)C2=C(C1=O)[C@H](CO)N1[C@@H]3[C@@H]4[C@@H](C[C@@H]([C@@H]1C#N)N4C)[C@H]1OCCN1[C@H]23. The molecule has 4 fully saturated rings. The van der Waals surface area contributed by atoms with E-state index in [1.165, 1.54) is 7.11 Å². The number of likely N-dealkylation sites (N-methyl/N-ethyl adjacent to an activating group) is 1. The molecule has 0 amide bonds. The van der Waals surface area contributed by atoms with Crippen molar-refractivity contribution in [2.24, 2.45) is 5.92 Å². The molecular formula is C22H26N4O5. The number of methoxy groups -OCH3 is 1. The highest BCUT2D eigenvalue weighted by Crippen LogP contribution is 2.54. The van der Waals surface area contributed by atoms with Crippen molar-refractivity contribution in [2.75, 3.05) is 33.9 Å². The number of Topliss-reactive ketones (excluding diaryl/α,β-unsaturated/α-hetero) is 2. The van der Waals surface area contributed by atoms with Crippen LogP contribution >= 0.6 is 0 Å². The first kappa shape index (κ1) is 19.6. The lowest BCUT2D eigenvalue weighted by molar-refractivity contribution is -0.145. The summed E-state index contributed by atoms with van der Waals surface area (Å²) < 4.78 is 11.5. The molecule has 6 rings (SSSR count). The van der Waals surface area contributed by atoms with Crippen molar-refractivity contribution >= 4 is 11.6 Å². The molecular weight excluding hydrogens is 400 g/mol. The largest absolute Gasteiger partial charge is 0.492 e. The smallest absolute Gasteiger partial charge is 0.226 e. The van der Waals surface area contributed by atoms with Crippen molar-refractivity contribution in [3.05, 3.63) is 22.5 Å². The third kappa shape index (κ3) is 2.12. The molecule has 31 heavy (non-hydrogen) atoms. The van der Waals surface area contributed by atoms with Gasteiger partial charge in [-0.2, -0.15) is 5.26 Å². The van der Waals surface area contributed by atoms with Gasteiger partial charge >= 0.3 is 0 Å². The minimum Gasteiger partial charge on any atom is -0.492 e. The lowest BCUT2D eigenvalue weighted by Gasteiger charge is -2.61. The van der Waals surface area contributed by atoms with Gasteiger partial charge in [-0.25, -0.2) is 0 Å². The number of hydrogen-bond donors (Lipinski definition) is 1. The lowest BCUT2D eigenvalue weighted by atomic mass is 9.69. The highest BCUT2D eigenvalue weighted by Gasteiger charge is 2.68. The van der Waals surface area contributed by atoms with Crippen LogP contribution in [0.2, 0.25) is 0 Å². The number of carbonyl (C=O) groups is 2. The Hall–Kier alpha value is -2.09. The summed E-state index contributed by atoms with van der Waals surface area (Å²) in [6.07, 6.45) is 0.694. The third-order valence-electron chi connectivity index (χ3n) is 8.50. The van der Waals surface area contributed by atoms with Gasteiger partial charge in [0.15, 0.2) is 11.5 Å². The van der Waals surface area contributed by atoms with E-state index in [0.717, 1.165) is 6.42 Å². The van der Waals surface area contributed by atoms with Crippen molar-refractivity contribution in [1.82, 2.24) is 14.7 Å². The van der Waals surface area contributed by atoms with Gasteiger partial charge < -0.3 is 14.6 Å². The van der Waals surface area contributed by atoms with Crippen molar-refractivity contribution in [3.63, 3.8) is 0 Å². The van der Waals surface area contributed by atoms with Gasteiger partial charge in [0.1, 0.15) is 12.3 Å². The fourth-order valence-corrected chi connectivity index (χ4v) is 7.45. The molecule has 0 aromatic carbocycles. The van der Waals surface area contributed by atoms with Crippen molar-refractivity contribution in [2.45, 2.75) is 55.8 Å². The van der Waals surface area contributed by atoms with Gasteiger partial charge in [-0.05, 0) is 20.4 Å². The van der Waals surface area contributed by atoms with Crippen LogP contribution in [0.3, 0.4) is 0 Å². The number of ketones is 2. The molecule has 0 radical (unpaired) electrons. The fourth-order valence-electron chi connectivity index (χ4n) is 7.45. The summed E-state index contributed by atoms with van der Waals surface area (Å²) in [6.45, 7) is 2.56. The lowest BCUT2D eigenvalue weighted by Crippen LogP contribution is -2.78. The Morgan fingerprint density at radius 3 is 2.71 bits per heavy atom. The summed E-state index contributed by atoms with van der Waals surface area (Å²) in [6, 6.07) is 0.854. The third-order valence-corrected chi connectivity index (χ3v) is 8.50. The number of aliphatic hydroxyl groups is 1. The Bertz CT molecular complexity index is 998. The summed E-state index contributed by atoms with van der Waals surface area (Å²) in [4.78, 5) is 33.7. The van der Waals surface area contributed by atoms with Crippen LogP contribution in [-0.2, 0) is 19.1 Å². The molecule has 2 bridgehead atoms. The van der Waals surface area contributed by atoms with E-state index in [1.54, 1.807) is 6.92 Å². The predicted molar refractivity (Wildman–Crippen MR) is 106 cm³/mol. The van der Waals surface area contributed by atoms with Crippen LogP contribution in [0.4, 0.5) is 0 Å². The Morgan fingerprint density at radius 2 is 2.03 bits per heavy atom. The van der Waals surface area contributed by atoms with Crippen LogP contribution in [0.1, 0.15) is 13.3 Å². The molecule has 4 saturated heterocycles. The molecule has 0 unspecified atom stereocenters. The van der Waals surface area contributed by atoms with E-state index in [4.69, 9.17) is 9.47 Å². The second-order valence-electron chi connectivity index (χ2n) is 9.42. The van der Waals surface area contributed by atoms with Gasteiger partial charge in [-0.3, -0.25) is 24.3 Å². The van der Waals surface area contributed by atoms with E-state index in [2.05, 4.69) is 22.9 Å². The standard InChI is InChI=1S/C22H26N4O5/c1-9-19(28)15-14(20(29)21(9)30-3)13(8-27)26-12(7-23)11-6-10-16(24(11)2)18(26)17(15)25-4-5-31-22(10)25/h10-13,16-18,22,27H,4-6,8H2,1-3H3/t10-,11+,12+,13+,16+,17-,18-,22-/m1/s1. The zero-order valence-electron chi connectivity index (χ0n) is 17.8. The molecule has 164 valence electrons. The second-order valence-corrected chi connectivity index (χ2v) is 9.42. The van der Waals surface area contributed by atoms with Gasteiger partial charge in [0.05, 0.1) is 38.5 Å². The normalized spacial score (nSPS) is 44.5. The van der Waals surface area contributed by atoms with E-state index in [0.29, 0.717) is 29.9 Å². The summed E-state index contributed by atoms with van der Waals surface area (Å²) in [5, 5.41) is 20.7. The van der Waals surface area contributed by atoms with E-state index >= 15 is 0 Å². The predicted octanol–water partition coefficient (Wildman–Crippen LogP) is -0.965. The van der Waals surface area contributed by atoms with Crippen LogP contribution in [0.15, 0.2) is 22.5 Å². The number of allylic oxidation sites excluding steroid dienone is 2. The number of aliphatic hydroxyl groups excluding tert-OH is 1. The molecule has 9 nitrogen and oxygen atoms in total. The maximum atomic E-state index is 13.6. The van der Waals surface area contributed by atoms with Crippen molar-refractivity contribution in [3.8, 4) is 6.07 Å². The Balaban J connectivity index is 1.63. The van der Waals surface area contributed by atoms with Gasteiger partial charge in [-0.15, -0.1) is 0 Å². The monoisotopic (exact) mass is 426 g/mol. The number of hydrogen-bond acceptors (Lipinski definition) is 9. The number of carbonyl (C=O) groups excluding carboxylic acids is 2. The first-order valence-corrected chi connectivity index (χ1v) is 10.9. The number of nitriles is 1. The van der Waals surface area contributed by atoms with Gasteiger partial charge in [0.2, 0.25) is 5.78 Å². The Morgan fingerprint density at radius 1 is 1.26 bits per heavy atom. The highest BCUT2D eigenvalue weighted by atomic mass is 16.5. The molecule has 1 N–H and O–H groups in total. The quantitative estimate of drug-likeness (QED) is 0.559. The zero-order chi connectivity index (χ0) is 21.8. The summed E-state index contributed by atoms with van der Waals surface area (Å²) in [5.41, 5.74) is 1.07. The zero-order valence-corrected chi connectivity index (χ0v) is 17.8. The van der Waals surface area contributed by atoms with Crippen molar-refractivity contribution < 1.29 is 24.2 Å². The number of rotatable bonds is 2. The minimum atomic E-state index is -0.701. The molecule has 6 aliphatic rings. The second kappa shape index (κ2) is 6.47. The van der Waals surface area contributed by atoms with Crippen LogP contribution in [0.5, 0.6) is 0 Å². The number of nitrogens with zero attached hydrogens (tertiary/aromatic N) is 4. The van der Waals surface area contributed by atoms with Crippen LogP contribution < -0.4 is 0 Å². The van der Waals surface area contributed by atoms with E-state index in [9.17, 15) is 20.0 Å². The van der Waals surface area contributed by atoms with Crippen LogP contribution in [-0.4, -0.2) is 108 Å². The Labute approximate surface area is 180 Å². The molecule has 0 aromatic rings. The number of fused-ring (bicyclic) bond motifs is 5. The summed E-state index contributed by atoms with van der Waals surface area (Å²) >= 11 is 0. The highest BCUT2D eigenvalue weighted by molar-refractivity contribution is 6.25. The summed E-state index contributed by atoms with van der Waals surface area (Å²) in [5.74, 6) is -0.292. The molecule has 8 atom stereocenters. The molecule has 0 saturated carbocycles. The van der Waals surface area contributed by atoms with Crippen LogP contribution in [0, 0.1) is 17.2 Å². The van der Waals surface area contributed by atoms with E-state index in [1.807, 2.05) is 4.90 Å².